The van der Waals surface area contributed by atoms with Crippen LogP contribution in [0.25, 0.3) is 0 Å². The third kappa shape index (κ3) is 1.71. The molecule has 1 aliphatic heterocycles. The number of hydrogen-bond acceptors (Lipinski definition) is 4. The number of aromatic nitrogens is 3. The minimum atomic E-state index is -0.878. The van der Waals surface area contributed by atoms with Crippen molar-refractivity contribution in [1.29, 1.82) is 0 Å². The zero-order valence-electron chi connectivity index (χ0n) is 9.43. The van der Waals surface area contributed by atoms with Gasteiger partial charge in [0.25, 0.3) is 0 Å². The number of nitrogens with zero attached hydrogens (tertiary/aromatic N) is 3. The first kappa shape index (κ1) is 11.4. The predicted molar refractivity (Wildman–Crippen MR) is 61.7 cm³/mol. The van der Waals surface area contributed by atoms with Gasteiger partial charge in [-0.3, -0.25) is 0 Å². The number of carbonyl (C=O) groups is 1. The molecule has 16 heavy (non-hydrogen) atoms. The number of aryl methyl sites for hydroxylation is 2. The average molecular weight is 241 g/mol. The molecule has 1 fully saturated rings. The van der Waals surface area contributed by atoms with E-state index >= 15 is 0 Å². The van der Waals surface area contributed by atoms with Crippen LogP contribution in [0.15, 0.2) is 0 Å². The van der Waals surface area contributed by atoms with Crippen LogP contribution < -0.4 is 0 Å². The Morgan fingerprint density at radius 2 is 2.06 bits per heavy atom. The lowest BCUT2D eigenvalue weighted by Crippen LogP contribution is -2.46. The normalized spacial score (nSPS) is 19.6. The number of aliphatic carboxylic acids is 1. The smallest absolute Gasteiger partial charge is 0.331 e. The van der Waals surface area contributed by atoms with Gasteiger partial charge in [0, 0.05) is 0 Å². The lowest BCUT2D eigenvalue weighted by atomic mass is 9.92. The van der Waals surface area contributed by atoms with Gasteiger partial charge in [-0.15, -0.1) is 0 Å². The fourth-order valence-corrected chi connectivity index (χ4v) is 3.32. The molecular weight excluding hydrogens is 226 g/mol. The number of thioether (sulfide) groups is 1. The fourth-order valence-electron chi connectivity index (χ4n) is 2.15. The summed E-state index contributed by atoms with van der Waals surface area (Å²) in [5.41, 5.74) is -0.878. The molecule has 0 saturated carbocycles. The van der Waals surface area contributed by atoms with Gasteiger partial charge in [-0.05, 0) is 38.2 Å². The molecule has 0 radical (unpaired) electrons. The first-order valence-corrected chi connectivity index (χ1v) is 6.43. The largest absolute Gasteiger partial charge is 0.479 e. The molecule has 0 aromatic carbocycles. The molecule has 1 N–H and O–H groups in total. The Morgan fingerprint density at radius 1 is 1.44 bits per heavy atom. The molecule has 0 aliphatic carbocycles. The Hall–Kier alpha value is -1.04. The summed E-state index contributed by atoms with van der Waals surface area (Å²) in [7, 11) is 0. The third-order valence-electron chi connectivity index (χ3n) is 3.00. The van der Waals surface area contributed by atoms with Gasteiger partial charge in [0.05, 0.1) is 0 Å². The highest BCUT2D eigenvalue weighted by Gasteiger charge is 2.43. The van der Waals surface area contributed by atoms with E-state index in [1.165, 1.54) is 0 Å². The zero-order chi connectivity index (χ0) is 11.8. The topological polar surface area (TPSA) is 68.0 Å². The van der Waals surface area contributed by atoms with Crippen molar-refractivity contribution in [1.82, 2.24) is 14.8 Å². The van der Waals surface area contributed by atoms with Crippen LogP contribution in [-0.4, -0.2) is 37.3 Å². The summed E-state index contributed by atoms with van der Waals surface area (Å²) in [6.45, 7) is 3.60. The van der Waals surface area contributed by atoms with Gasteiger partial charge in [-0.25, -0.2) is 14.5 Å². The van der Waals surface area contributed by atoms with Crippen molar-refractivity contribution in [3.05, 3.63) is 11.6 Å². The summed E-state index contributed by atoms with van der Waals surface area (Å²) in [4.78, 5) is 15.7. The van der Waals surface area contributed by atoms with E-state index in [4.69, 9.17) is 0 Å². The molecule has 2 heterocycles. The van der Waals surface area contributed by atoms with Crippen LogP contribution >= 0.6 is 11.8 Å². The summed E-state index contributed by atoms with van der Waals surface area (Å²) < 4.78 is 1.60. The van der Waals surface area contributed by atoms with E-state index in [1.807, 2.05) is 6.92 Å². The molecule has 0 spiro atoms. The van der Waals surface area contributed by atoms with E-state index in [2.05, 4.69) is 10.1 Å². The summed E-state index contributed by atoms with van der Waals surface area (Å²) in [6.07, 6.45) is 1.24. The first-order valence-electron chi connectivity index (χ1n) is 5.28. The van der Waals surface area contributed by atoms with Crippen molar-refractivity contribution in [3.63, 3.8) is 0 Å². The number of rotatable bonds is 2. The van der Waals surface area contributed by atoms with Gasteiger partial charge in [-0.2, -0.15) is 16.9 Å². The molecule has 0 amide bonds. The van der Waals surface area contributed by atoms with Crippen LogP contribution in [0, 0.1) is 13.8 Å². The maximum absolute atomic E-state index is 11.5. The number of hydrogen-bond donors (Lipinski definition) is 1. The van der Waals surface area contributed by atoms with Gasteiger partial charge < -0.3 is 5.11 Å². The Kier molecular flexibility index (Phi) is 2.92. The first-order chi connectivity index (χ1) is 7.56. The third-order valence-corrected chi connectivity index (χ3v) is 3.98. The van der Waals surface area contributed by atoms with Gasteiger partial charge in [0.15, 0.2) is 5.54 Å². The van der Waals surface area contributed by atoms with Crippen LogP contribution in [0.4, 0.5) is 0 Å². The molecule has 1 aliphatic rings. The lowest BCUT2D eigenvalue weighted by molar-refractivity contribution is -0.148. The number of carboxylic acids is 1. The summed E-state index contributed by atoms with van der Waals surface area (Å²) in [6, 6.07) is 0. The van der Waals surface area contributed by atoms with Crippen molar-refractivity contribution in [2.45, 2.75) is 32.2 Å². The Balaban J connectivity index is 2.46. The van der Waals surface area contributed by atoms with E-state index in [0.717, 1.165) is 11.5 Å². The molecule has 1 aromatic heterocycles. The van der Waals surface area contributed by atoms with Crippen molar-refractivity contribution in [2.24, 2.45) is 0 Å². The molecule has 88 valence electrons. The second kappa shape index (κ2) is 4.08. The van der Waals surface area contributed by atoms with E-state index in [-0.39, 0.29) is 0 Å². The van der Waals surface area contributed by atoms with E-state index in [1.54, 1.807) is 23.4 Å². The molecule has 0 bridgehead atoms. The summed E-state index contributed by atoms with van der Waals surface area (Å²) >= 11 is 1.80. The zero-order valence-corrected chi connectivity index (χ0v) is 10.3. The molecule has 2 rings (SSSR count). The van der Waals surface area contributed by atoms with Crippen molar-refractivity contribution in [3.8, 4) is 0 Å². The molecule has 6 heteroatoms. The standard InChI is InChI=1S/C10H15N3O2S/c1-7-11-8(2)13(12-7)10(9(14)15)3-5-16-6-4-10/h3-6H2,1-2H3,(H,14,15). The molecular formula is C10H15N3O2S. The average Bonchev–Trinajstić information content (AvgIpc) is 2.59. The van der Waals surface area contributed by atoms with Crippen molar-refractivity contribution >= 4 is 17.7 Å². The van der Waals surface area contributed by atoms with Gasteiger partial charge in [-0.1, -0.05) is 0 Å². The molecule has 1 aromatic rings. The Bertz CT molecular complexity index is 410. The van der Waals surface area contributed by atoms with Crippen LogP contribution in [0.5, 0.6) is 0 Å². The lowest BCUT2D eigenvalue weighted by Gasteiger charge is -2.33. The number of carboxylic acid groups (broad SMARTS) is 1. The molecule has 1 saturated heterocycles. The van der Waals surface area contributed by atoms with E-state index < -0.39 is 11.5 Å². The van der Waals surface area contributed by atoms with Gasteiger partial charge >= 0.3 is 5.97 Å². The Morgan fingerprint density at radius 3 is 2.50 bits per heavy atom. The van der Waals surface area contributed by atoms with E-state index in [0.29, 0.717) is 24.5 Å². The summed E-state index contributed by atoms with van der Waals surface area (Å²) in [5.74, 6) is 2.26. The molecule has 5 nitrogen and oxygen atoms in total. The highest BCUT2D eigenvalue weighted by molar-refractivity contribution is 7.99. The van der Waals surface area contributed by atoms with E-state index in [9.17, 15) is 9.90 Å². The second-order valence-electron chi connectivity index (χ2n) is 4.07. The van der Waals surface area contributed by atoms with Crippen molar-refractivity contribution in [2.75, 3.05) is 11.5 Å². The van der Waals surface area contributed by atoms with Crippen LogP contribution in [0.1, 0.15) is 24.5 Å². The summed E-state index contributed by atoms with van der Waals surface area (Å²) in [5, 5.41) is 13.7. The van der Waals surface area contributed by atoms with Crippen LogP contribution in [0.2, 0.25) is 0 Å². The second-order valence-corrected chi connectivity index (χ2v) is 5.29. The monoisotopic (exact) mass is 241 g/mol. The molecule has 0 unspecified atom stereocenters. The Labute approximate surface area is 98.3 Å². The highest BCUT2D eigenvalue weighted by atomic mass is 32.2. The quantitative estimate of drug-likeness (QED) is 0.842. The van der Waals surface area contributed by atoms with Crippen LogP contribution in [0.3, 0.4) is 0 Å². The maximum atomic E-state index is 11.5. The highest BCUT2D eigenvalue weighted by Crippen LogP contribution is 2.34. The predicted octanol–water partition coefficient (Wildman–Crippen LogP) is 1.20. The van der Waals surface area contributed by atoms with Gasteiger partial charge in [0.1, 0.15) is 11.6 Å². The minimum Gasteiger partial charge on any atom is -0.479 e. The van der Waals surface area contributed by atoms with Crippen LogP contribution in [-0.2, 0) is 10.3 Å². The molecule has 0 atom stereocenters. The minimum absolute atomic E-state index is 0.622. The SMILES string of the molecule is Cc1nc(C)n(C2(C(=O)O)CCSCC2)n1. The fraction of sp³-hybridized carbons (Fsp3) is 0.700. The maximum Gasteiger partial charge on any atom is 0.331 e. The van der Waals surface area contributed by atoms with Crippen molar-refractivity contribution < 1.29 is 9.90 Å². The van der Waals surface area contributed by atoms with Gasteiger partial charge in [0.2, 0.25) is 0 Å².